The Morgan fingerprint density at radius 1 is 1.57 bits per heavy atom. The highest BCUT2D eigenvalue weighted by molar-refractivity contribution is 5.92. The molecular weight excluding hydrogens is 272 g/mol. The van der Waals surface area contributed by atoms with Gasteiger partial charge in [-0.1, -0.05) is 18.0 Å². The first-order valence-corrected chi connectivity index (χ1v) is 7.58. The predicted octanol–water partition coefficient (Wildman–Crippen LogP) is 1.59. The molecule has 1 aromatic rings. The zero-order chi connectivity index (χ0) is 14.9. The van der Waals surface area contributed by atoms with Crippen molar-refractivity contribution in [2.75, 3.05) is 20.2 Å². The number of hydrogen-bond acceptors (Lipinski definition) is 5. The lowest BCUT2D eigenvalue weighted by molar-refractivity contribution is -0.0887. The van der Waals surface area contributed by atoms with Crippen LogP contribution < -0.4 is 0 Å². The number of rotatable bonds is 3. The van der Waals surface area contributed by atoms with Gasteiger partial charge in [-0.2, -0.15) is 0 Å². The second-order valence-electron chi connectivity index (χ2n) is 6.16. The Bertz CT molecular complexity index is 516. The highest BCUT2D eigenvalue weighted by atomic mass is 16.5. The summed E-state index contributed by atoms with van der Waals surface area (Å²) in [4.78, 5) is 14.3. The molecule has 1 aliphatic carbocycles. The van der Waals surface area contributed by atoms with Gasteiger partial charge < -0.3 is 19.3 Å². The van der Waals surface area contributed by atoms with Crippen LogP contribution in [0.25, 0.3) is 0 Å². The molecule has 2 aliphatic rings. The fraction of sp³-hybridized carbons (Fsp3) is 0.733. The number of aliphatic hydroxyl groups is 1. The molecule has 1 aliphatic heterocycles. The van der Waals surface area contributed by atoms with E-state index in [1.165, 1.54) is 0 Å². The van der Waals surface area contributed by atoms with E-state index in [4.69, 9.17) is 9.26 Å². The third kappa shape index (κ3) is 2.82. The Balaban J connectivity index is 1.68. The summed E-state index contributed by atoms with van der Waals surface area (Å²) in [7, 11) is 1.57. The van der Waals surface area contributed by atoms with Crippen molar-refractivity contribution in [1.29, 1.82) is 0 Å². The smallest absolute Gasteiger partial charge is 0.276 e. The van der Waals surface area contributed by atoms with Crippen LogP contribution in [0.4, 0.5) is 0 Å². The number of methoxy groups -OCH3 is 1. The molecule has 1 aromatic heterocycles. The fourth-order valence-electron chi connectivity index (χ4n) is 3.54. The first kappa shape index (κ1) is 14.5. The standard InChI is InChI=1S/C15H22N2O4/c1-20-10-12-8-13(16-21-12)14(18)17-7-6-15(19)5-3-2-4-11(15)9-17/h8,11,19H,2-7,9-10H2,1H3. The van der Waals surface area contributed by atoms with E-state index in [1.807, 2.05) is 0 Å². The summed E-state index contributed by atoms with van der Waals surface area (Å²) in [5.41, 5.74) is -0.247. The summed E-state index contributed by atoms with van der Waals surface area (Å²) in [5.74, 6) is 0.620. The first-order valence-electron chi connectivity index (χ1n) is 7.58. The molecule has 0 radical (unpaired) electrons. The number of ether oxygens (including phenoxy) is 1. The molecule has 2 unspecified atom stereocenters. The van der Waals surface area contributed by atoms with E-state index in [2.05, 4.69) is 5.16 Å². The Hall–Kier alpha value is -1.40. The number of carbonyl (C=O) groups excluding carboxylic acids is 1. The lowest BCUT2D eigenvalue weighted by Crippen LogP contribution is -2.54. The monoisotopic (exact) mass is 294 g/mol. The molecule has 2 heterocycles. The summed E-state index contributed by atoms with van der Waals surface area (Å²) < 4.78 is 10.0. The number of piperidine rings is 1. The molecule has 0 spiro atoms. The van der Waals surface area contributed by atoms with E-state index in [1.54, 1.807) is 18.1 Å². The van der Waals surface area contributed by atoms with Crippen LogP contribution in [0.1, 0.15) is 48.4 Å². The molecule has 2 fully saturated rings. The van der Waals surface area contributed by atoms with Gasteiger partial charge in [-0.15, -0.1) is 0 Å². The van der Waals surface area contributed by atoms with E-state index in [9.17, 15) is 9.90 Å². The Morgan fingerprint density at radius 2 is 2.43 bits per heavy atom. The van der Waals surface area contributed by atoms with E-state index >= 15 is 0 Å². The second-order valence-corrected chi connectivity index (χ2v) is 6.16. The van der Waals surface area contributed by atoms with Gasteiger partial charge in [-0.05, 0) is 19.3 Å². The normalized spacial score (nSPS) is 29.2. The Kier molecular flexibility index (Phi) is 3.99. The van der Waals surface area contributed by atoms with Crippen molar-refractivity contribution in [2.24, 2.45) is 5.92 Å². The van der Waals surface area contributed by atoms with Gasteiger partial charge in [0.1, 0.15) is 6.61 Å². The van der Waals surface area contributed by atoms with Crippen LogP contribution in [-0.4, -0.2) is 46.9 Å². The van der Waals surface area contributed by atoms with Crippen LogP contribution in [0.15, 0.2) is 10.6 Å². The van der Waals surface area contributed by atoms with Gasteiger partial charge in [0.15, 0.2) is 11.5 Å². The third-order valence-electron chi connectivity index (χ3n) is 4.78. The van der Waals surface area contributed by atoms with Gasteiger partial charge in [0.2, 0.25) is 0 Å². The van der Waals surface area contributed by atoms with Crippen LogP contribution in [0.3, 0.4) is 0 Å². The van der Waals surface area contributed by atoms with Crippen molar-refractivity contribution in [3.8, 4) is 0 Å². The number of nitrogens with zero attached hydrogens (tertiary/aromatic N) is 2. The minimum absolute atomic E-state index is 0.117. The summed E-state index contributed by atoms with van der Waals surface area (Å²) in [6.07, 6.45) is 4.74. The Morgan fingerprint density at radius 3 is 3.24 bits per heavy atom. The van der Waals surface area contributed by atoms with E-state index < -0.39 is 5.60 Å². The number of aromatic nitrogens is 1. The van der Waals surface area contributed by atoms with Crippen molar-refractivity contribution in [1.82, 2.24) is 10.1 Å². The fourth-order valence-corrected chi connectivity index (χ4v) is 3.54. The van der Waals surface area contributed by atoms with Crippen LogP contribution in [-0.2, 0) is 11.3 Å². The van der Waals surface area contributed by atoms with Crippen molar-refractivity contribution >= 4 is 5.91 Å². The Labute approximate surface area is 124 Å². The summed E-state index contributed by atoms with van der Waals surface area (Å²) in [6, 6.07) is 1.63. The van der Waals surface area contributed by atoms with Gasteiger partial charge in [-0.25, -0.2) is 0 Å². The number of fused-ring (bicyclic) bond motifs is 1. The molecule has 1 N–H and O–H groups in total. The third-order valence-corrected chi connectivity index (χ3v) is 4.78. The van der Waals surface area contributed by atoms with E-state index in [0.717, 1.165) is 25.7 Å². The zero-order valence-electron chi connectivity index (χ0n) is 12.4. The van der Waals surface area contributed by atoms with Crippen LogP contribution in [0.5, 0.6) is 0 Å². The van der Waals surface area contributed by atoms with Crippen molar-refractivity contribution in [3.05, 3.63) is 17.5 Å². The predicted molar refractivity (Wildman–Crippen MR) is 74.6 cm³/mol. The van der Waals surface area contributed by atoms with E-state index in [-0.39, 0.29) is 11.8 Å². The SMILES string of the molecule is COCc1cc(C(=O)N2CCC3(O)CCCCC3C2)no1. The molecule has 0 bridgehead atoms. The maximum Gasteiger partial charge on any atom is 0.276 e. The molecule has 21 heavy (non-hydrogen) atoms. The first-order chi connectivity index (χ1) is 10.1. The summed E-state index contributed by atoms with van der Waals surface area (Å²) in [5, 5.41) is 14.5. The molecule has 2 atom stereocenters. The quantitative estimate of drug-likeness (QED) is 0.916. The molecule has 116 valence electrons. The maximum atomic E-state index is 12.5. The summed E-state index contributed by atoms with van der Waals surface area (Å²) in [6.45, 7) is 1.50. The summed E-state index contributed by atoms with van der Waals surface area (Å²) >= 11 is 0. The molecule has 3 rings (SSSR count). The van der Waals surface area contributed by atoms with Crippen molar-refractivity contribution in [3.63, 3.8) is 0 Å². The average Bonchev–Trinajstić information content (AvgIpc) is 2.94. The van der Waals surface area contributed by atoms with E-state index in [0.29, 0.717) is 37.6 Å². The number of carbonyl (C=O) groups is 1. The number of hydrogen-bond donors (Lipinski definition) is 1. The highest BCUT2D eigenvalue weighted by Crippen LogP contribution is 2.39. The van der Waals surface area contributed by atoms with Gasteiger partial charge in [-0.3, -0.25) is 4.79 Å². The molecule has 6 heteroatoms. The van der Waals surface area contributed by atoms with Crippen molar-refractivity contribution < 1.29 is 19.2 Å². The van der Waals surface area contributed by atoms with Crippen LogP contribution in [0, 0.1) is 5.92 Å². The number of amides is 1. The highest BCUT2D eigenvalue weighted by Gasteiger charge is 2.44. The van der Waals surface area contributed by atoms with Crippen molar-refractivity contribution in [2.45, 2.75) is 44.3 Å². The van der Waals surface area contributed by atoms with Crippen LogP contribution in [0.2, 0.25) is 0 Å². The molecule has 6 nitrogen and oxygen atoms in total. The molecule has 1 saturated heterocycles. The van der Waals surface area contributed by atoms with Gasteiger partial charge >= 0.3 is 0 Å². The number of likely N-dealkylation sites (tertiary alicyclic amines) is 1. The van der Waals surface area contributed by atoms with Crippen LogP contribution >= 0.6 is 0 Å². The lowest BCUT2D eigenvalue weighted by Gasteiger charge is -2.47. The lowest BCUT2D eigenvalue weighted by atomic mass is 9.71. The van der Waals surface area contributed by atoms with Gasteiger partial charge in [0, 0.05) is 32.2 Å². The average molecular weight is 294 g/mol. The zero-order valence-corrected chi connectivity index (χ0v) is 12.4. The minimum Gasteiger partial charge on any atom is -0.389 e. The molecule has 1 saturated carbocycles. The van der Waals surface area contributed by atoms with Gasteiger partial charge in [0.25, 0.3) is 5.91 Å². The second kappa shape index (κ2) is 5.77. The molecular formula is C15H22N2O4. The largest absolute Gasteiger partial charge is 0.389 e. The van der Waals surface area contributed by atoms with Gasteiger partial charge in [0.05, 0.1) is 5.60 Å². The minimum atomic E-state index is -0.569. The topological polar surface area (TPSA) is 75.8 Å². The maximum absolute atomic E-state index is 12.5. The molecule has 0 aromatic carbocycles. The molecule has 1 amide bonds.